The normalized spacial score (nSPS) is 25.9. The van der Waals surface area contributed by atoms with Crippen molar-refractivity contribution in [2.24, 2.45) is 0 Å². The van der Waals surface area contributed by atoms with Crippen molar-refractivity contribution in [3.63, 3.8) is 0 Å². The fourth-order valence-electron chi connectivity index (χ4n) is 2.86. The van der Waals surface area contributed by atoms with E-state index in [1.165, 1.54) is 5.56 Å². The SMILES string of the molecule is COc1ccc2c(c1)C[C@@]1(CC2)NCC(=O)NC1=O. The minimum absolute atomic E-state index is 0.199. The molecule has 5 nitrogen and oxygen atoms in total. The van der Waals surface area contributed by atoms with Gasteiger partial charge in [0.15, 0.2) is 0 Å². The molecule has 1 heterocycles. The van der Waals surface area contributed by atoms with Gasteiger partial charge in [-0.3, -0.25) is 20.2 Å². The van der Waals surface area contributed by atoms with Crippen LogP contribution in [-0.4, -0.2) is 31.0 Å². The van der Waals surface area contributed by atoms with Gasteiger partial charge in [-0.2, -0.15) is 0 Å². The van der Waals surface area contributed by atoms with Crippen LogP contribution in [-0.2, 0) is 22.4 Å². The lowest BCUT2D eigenvalue weighted by atomic mass is 9.76. The highest BCUT2D eigenvalue weighted by Gasteiger charge is 2.44. The van der Waals surface area contributed by atoms with Crippen molar-refractivity contribution in [3.8, 4) is 5.75 Å². The number of nitrogens with one attached hydrogen (secondary N) is 2. The molecule has 1 fully saturated rings. The maximum atomic E-state index is 12.1. The lowest BCUT2D eigenvalue weighted by Gasteiger charge is -2.40. The van der Waals surface area contributed by atoms with Gasteiger partial charge in [-0.25, -0.2) is 0 Å². The molecule has 0 aromatic heterocycles. The van der Waals surface area contributed by atoms with Gasteiger partial charge in [0.1, 0.15) is 11.3 Å². The van der Waals surface area contributed by atoms with Crippen LogP contribution in [0.2, 0.25) is 0 Å². The van der Waals surface area contributed by atoms with Crippen LogP contribution in [0.1, 0.15) is 17.5 Å². The Bertz CT molecular complexity index is 556. The molecule has 0 unspecified atom stereocenters. The molecular formula is C14H16N2O3. The van der Waals surface area contributed by atoms with Crippen LogP contribution in [0.3, 0.4) is 0 Å². The predicted molar refractivity (Wildman–Crippen MR) is 68.9 cm³/mol. The number of amides is 2. The first-order chi connectivity index (χ1) is 9.13. The van der Waals surface area contributed by atoms with E-state index < -0.39 is 5.54 Å². The number of benzene rings is 1. The Hall–Kier alpha value is -1.88. The molecule has 100 valence electrons. The fourth-order valence-corrected chi connectivity index (χ4v) is 2.86. The summed E-state index contributed by atoms with van der Waals surface area (Å²) in [7, 11) is 1.63. The fraction of sp³-hybridized carbons (Fsp3) is 0.429. The predicted octanol–water partition coefficient (Wildman–Crippen LogP) is 0.169. The third-order valence-corrected chi connectivity index (χ3v) is 4.00. The van der Waals surface area contributed by atoms with E-state index in [2.05, 4.69) is 10.6 Å². The summed E-state index contributed by atoms with van der Waals surface area (Å²) >= 11 is 0. The standard InChI is InChI=1S/C14H16N2O3/c1-19-11-3-2-9-4-5-14(7-10(9)6-11)13(18)16-12(17)8-15-14/h2-3,6,15H,4-5,7-8H2,1H3,(H,16,17,18)/t14-/m1/s1. The third-order valence-electron chi connectivity index (χ3n) is 4.00. The number of aryl methyl sites for hydroxylation is 1. The number of methoxy groups -OCH3 is 1. The zero-order valence-corrected chi connectivity index (χ0v) is 10.8. The van der Waals surface area contributed by atoms with Crippen LogP contribution in [0.4, 0.5) is 0 Å². The molecule has 1 atom stereocenters. The van der Waals surface area contributed by atoms with Crippen molar-refractivity contribution in [1.82, 2.24) is 10.6 Å². The lowest BCUT2D eigenvalue weighted by molar-refractivity contribution is -0.138. The highest BCUT2D eigenvalue weighted by Crippen LogP contribution is 2.32. The molecule has 2 N–H and O–H groups in total. The maximum Gasteiger partial charge on any atom is 0.247 e. The van der Waals surface area contributed by atoms with Gasteiger partial charge in [-0.15, -0.1) is 0 Å². The van der Waals surface area contributed by atoms with Crippen molar-refractivity contribution in [2.45, 2.75) is 24.8 Å². The first-order valence-electron chi connectivity index (χ1n) is 6.38. The van der Waals surface area contributed by atoms with E-state index in [0.29, 0.717) is 12.8 Å². The number of fused-ring (bicyclic) bond motifs is 1. The zero-order chi connectivity index (χ0) is 13.5. The first kappa shape index (κ1) is 12.2. The molecule has 2 aliphatic rings. The Morgan fingerprint density at radius 1 is 1.26 bits per heavy atom. The van der Waals surface area contributed by atoms with Gasteiger partial charge in [-0.05, 0) is 36.1 Å². The van der Waals surface area contributed by atoms with Crippen LogP contribution in [0.15, 0.2) is 18.2 Å². The van der Waals surface area contributed by atoms with Crippen LogP contribution < -0.4 is 15.4 Å². The molecule has 19 heavy (non-hydrogen) atoms. The first-order valence-corrected chi connectivity index (χ1v) is 6.38. The highest BCUT2D eigenvalue weighted by molar-refractivity contribution is 6.03. The monoisotopic (exact) mass is 260 g/mol. The van der Waals surface area contributed by atoms with Gasteiger partial charge >= 0.3 is 0 Å². The minimum Gasteiger partial charge on any atom is -0.497 e. The number of carbonyl (C=O) groups excluding carboxylic acids is 2. The van der Waals surface area contributed by atoms with E-state index in [1.54, 1.807) is 7.11 Å². The van der Waals surface area contributed by atoms with E-state index >= 15 is 0 Å². The van der Waals surface area contributed by atoms with E-state index in [9.17, 15) is 9.59 Å². The van der Waals surface area contributed by atoms with Crippen LogP contribution >= 0.6 is 0 Å². The van der Waals surface area contributed by atoms with Crippen LogP contribution in [0, 0.1) is 0 Å². The number of carbonyl (C=O) groups is 2. The van der Waals surface area contributed by atoms with E-state index in [1.807, 2.05) is 18.2 Å². The van der Waals surface area contributed by atoms with E-state index in [0.717, 1.165) is 17.7 Å². The number of hydrogen-bond donors (Lipinski definition) is 2. The van der Waals surface area contributed by atoms with Gasteiger partial charge in [0.25, 0.3) is 0 Å². The van der Waals surface area contributed by atoms with Crippen molar-refractivity contribution in [3.05, 3.63) is 29.3 Å². The topological polar surface area (TPSA) is 67.4 Å². The molecule has 1 aromatic rings. The van der Waals surface area contributed by atoms with Crippen molar-refractivity contribution in [1.29, 1.82) is 0 Å². The van der Waals surface area contributed by atoms with Gasteiger partial charge in [0.05, 0.1) is 13.7 Å². The number of piperazine rings is 1. The minimum atomic E-state index is -0.646. The smallest absolute Gasteiger partial charge is 0.247 e. The Morgan fingerprint density at radius 3 is 2.84 bits per heavy atom. The Morgan fingerprint density at radius 2 is 2.11 bits per heavy atom. The summed E-state index contributed by atoms with van der Waals surface area (Å²) in [6.07, 6.45) is 2.14. The van der Waals surface area contributed by atoms with Gasteiger partial charge in [0.2, 0.25) is 11.8 Å². The molecule has 1 saturated heterocycles. The second-order valence-electron chi connectivity index (χ2n) is 5.12. The molecule has 1 aliphatic heterocycles. The Labute approximate surface area is 111 Å². The lowest BCUT2D eigenvalue weighted by Crippen LogP contribution is -2.67. The van der Waals surface area contributed by atoms with Gasteiger partial charge in [0, 0.05) is 6.42 Å². The maximum absolute atomic E-state index is 12.1. The molecule has 0 bridgehead atoms. The Balaban J connectivity index is 1.92. The molecule has 0 saturated carbocycles. The van der Waals surface area contributed by atoms with Crippen LogP contribution in [0.25, 0.3) is 0 Å². The van der Waals surface area contributed by atoms with Gasteiger partial charge in [-0.1, -0.05) is 6.07 Å². The molecule has 1 aliphatic carbocycles. The number of rotatable bonds is 1. The number of ether oxygens (including phenoxy) is 1. The second kappa shape index (κ2) is 4.35. The van der Waals surface area contributed by atoms with Gasteiger partial charge < -0.3 is 4.74 Å². The largest absolute Gasteiger partial charge is 0.497 e. The molecule has 3 rings (SSSR count). The summed E-state index contributed by atoms with van der Waals surface area (Å²) < 4.78 is 5.22. The van der Waals surface area contributed by atoms with Crippen molar-refractivity contribution >= 4 is 11.8 Å². The molecular weight excluding hydrogens is 244 g/mol. The Kier molecular flexibility index (Phi) is 2.78. The zero-order valence-electron chi connectivity index (χ0n) is 10.8. The van der Waals surface area contributed by atoms with Crippen molar-refractivity contribution < 1.29 is 14.3 Å². The average molecular weight is 260 g/mol. The number of imide groups is 1. The summed E-state index contributed by atoms with van der Waals surface area (Å²) in [6.45, 7) is 0.199. The summed E-state index contributed by atoms with van der Waals surface area (Å²) in [5.41, 5.74) is 1.72. The summed E-state index contributed by atoms with van der Waals surface area (Å²) in [4.78, 5) is 23.4. The molecule has 2 amide bonds. The van der Waals surface area contributed by atoms with Crippen molar-refractivity contribution in [2.75, 3.05) is 13.7 Å². The summed E-state index contributed by atoms with van der Waals surface area (Å²) in [6, 6.07) is 5.96. The van der Waals surface area contributed by atoms with E-state index in [4.69, 9.17) is 4.74 Å². The quantitative estimate of drug-likeness (QED) is 0.706. The third kappa shape index (κ3) is 2.00. The van der Waals surface area contributed by atoms with E-state index in [-0.39, 0.29) is 18.4 Å². The molecule has 5 heteroatoms. The summed E-state index contributed by atoms with van der Waals surface area (Å²) in [5, 5.41) is 5.54. The molecule has 0 radical (unpaired) electrons. The highest BCUT2D eigenvalue weighted by atomic mass is 16.5. The number of hydrogen-bond acceptors (Lipinski definition) is 4. The molecule has 1 aromatic carbocycles. The second-order valence-corrected chi connectivity index (χ2v) is 5.12. The summed E-state index contributed by atoms with van der Waals surface area (Å²) in [5.74, 6) is 0.326. The van der Waals surface area contributed by atoms with Crippen LogP contribution in [0.5, 0.6) is 5.75 Å². The molecule has 1 spiro atoms. The average Bonchev–Trinajstić information content (AvgIpc) is 2.43.